The summed E-state index contributed by atoms with van der Waals surface area (Å²) < 4.78 is 13.6. The van der Waals surface area contributed by atoms with Crippen molar-refractivity contribution in [3.8, 4) is 6.07 Å². The molecule has 4 aliphatic carbocycles. The van der Waals surface area contributed by atoms with E-state index >= 15 is 0 Å². The summed E-state index contributed by atoms with van der Waals surface area (Å²) in [4.78, 5) is 14.9. The fraction of sp³-hybridized carbons (Fsp3) is 0.636. The number of hydrogen-bond donors (Lipinski definition) is 0. The molecule has 0 spiro atoms. The van der Waals surface area contributed by atoms with Crippen LogP contribution in [-0.2, 0) is 10.2 Å². The van der Waals surface area contributed by atoms with Gasteiger partial charge in [-0.2, -0.15) is 5.26 Å². The lowest BCUT2D eigenvalue weighted by Gasteiger charge is -2.62. The lowest BCUT2D eigenvalue weighted by atomic mass is 9.43. The smallest absolute Gasteiger partial charge is 0.223 e. The fourth-order valence-corrected chi connectivity index (χ4v) is 6.77. The lowest BCUT2D eigenvalue weighted by Crippen LogP contribution is -2.59. The molecule has 0 N–H and O–H groups in total. The Hall–Kier alpha value is -1.89. The first-order valence-corrected chi connectivity index (χ1v) is 10.0. The third-order valence-corrected chi connectivity index (χ3v) is 7.84. The Labute approximate surface area is 154 Å². The second-order valence-corrected chi connectivity index (χ2v) is 9.15. The first-order chi connectivity index (χ1) is 12.6. The zero-order valence-electron chi connectivity index (χ0n) is 15.0. The average Bonchev–Trinajstić information content (AvgIpc) is 2.57. The highest BCUT2D eigenvalue weighted by Gasteiger charge is 2.58. The van der Waals surface area contributed by atoms with Crippen molar-refractivity contribution in [3.05, 3.63) is 35.6 Å². The van der Waals surface area contributed by atoms with Crippen molar-refractivity contribution in [1.82, 2.24) is 4.90 Å². The summed E-state index contributed by atoms with van der Waals surface area (Å²) in [6.45, 7) is 1.16. The second-order valence-electron chi connectivity index (χ2n) is 9.15. The van der Waals surface area contributed by atoms with E-state index in [1.165, 1.54) is 37.7 Å². The molecule has 136 valence electrons. The minimum Gasteiger partial charge on any atom is -0.340 e. The van der Waals surface area contributed by atoms with Gasteiger partial charge in [0.25, 0.3) is 0 Å². The van der Waals surface area contributed by atoms with Gasteiger partial charge in [-0.15, -0.1) is 0 Å². The number of nitrogens with zero attached hydrogens (tertiary/aromatic N) is 2. The minimum atomic E-state index is -0.210. The third kappa shape index (κ3) is 2.32. The molecule has 0 aromatic heterocycles. The predicted molar refractivity (Wildman–Crippen MR) is 95.4 cm³/mol. The molecule has 0 radical (unpaired) electrons. The van der Waals surface area contributed by atoms with Crippen LogP contribution in [0, 0.1) is 46.7 Å². The molecular weight excluding hydrogens is 327 g/mol. The summed E-state index contributed by atoms with van der Waals surface area (Å²) in [6, 6.07) is 9.23. The monoisotopic (exact) mass is 352 g/mol. The Bertz CT molecular complexity index is 731. The normalized spacial score (nSPS) is 38.1. The van der Waals surface area contributed by atoms with Gasteiger partial charge < -0.3 is 4.90 Å². The van der Waals surface area contributed by atoms with E-state index in [4.69, 9.17) is 5.26 Å². The molecule has 6 rings (SSSR count). The van der Waals surface area contributed by atoms with E-state index in [1.54, 1.807) is 12.1 Å². The topological polar surface area (TPSA) is 44.1 Å². The molecule has 1 aromatic carbocycles. The number of benzene rings is 1. The Kier molecular flexibility index (Phi) is 3.64. The number of amides is 1. The maximum atomic E-state index is 13.6. The first kappa shape index (κ1) is 16.3. The lowest BCUT2D eigenvalue weighted by molar-refractivity contribution is -0.143. The molecule has 3 nitrogen and oxygen atoms in total. The summed E-state index contributed by atoms with van der Waals surface area (Å²) in [5.74, 6) is 2.72. The van der Waals surface area contributed by atoms with Gasteiger partial charge in [0, 0.05) is 24.9 Å². The van der Waals surface area contributed by atoms with E-state index in [0.717, 1.165) is 11.8 Å². The van der Waals surface area contributed by atoms with Crippen molar-refractivity contribution in [2.24, 2.45) is 29.6 Å². The number of rotatable bonds is 3. The summed E-state index contributed by atoms with van der Waals surface area (Å²) in [7, 11) is 0. The Morgan fingerprint density at radius 1 is 1.08 bits per heavy atom. The number of carbonyl (C=O) groups excluding carboxylic acids is 1. The molecule has 4 heteroatoms. The molecule has 1 amide bonds. The predicted octanol–water partition coefficient (Wildman–Crippen LogP) is 3.89. The quantitative estimate of drug-likeness (QED) is 0.828. The standard InChI is InChI=1S/C22H25FN2O/c23-20-3-1-17(2-4-20)22(10-21(26)25-12-16(11-24)13-25)18-6-14-5-15(8-18)9-19(22)7-14/h1-4,14-16,18-19H,5-10,12-13H2. The van der Waals surface area contributed by atoms with Gasteiger partial charge in [0.05, 0.1) is 12.0 Å². The number of halogens is 1. The largest absolute Gasteiger partial charge is 0.340 e. The third-order valence-electron chi connectivity index (χ3n) is 7.84. The van der Waals surface area contributed by atoms with Gasteiger partial charge in [-0.1, -0.05) is 12.1 Å². The van der Waals surface area contributed by atoms with E-state index in [0.29, 0.717) is 31.3 Å². The van der Waals surface area contributed by atoms with Crippen LogP contribution in [0.15, 0.2) is 24.3 Å². The van der Waals surface area contributed by atoms with Crippen molar-refractivity contribution < 1.29 is 9.18 Å². The molecule has 4 saturated carbocycles. The van der Waals surface area contributed by atoms with Crippen molar-refractivity contribution in [2.75, 3.05) is 13.1 Å². The Morgan fingerprint density at radius 3 is 2.19 bits per heavy atom. The fourth-order valence-electron chi connectivity index (χ4n) is 6.77. The van der Waals surface area contributed by atoms with E-state index < -0.39 is 0 Å². The van der Waals surface area contributed by atoms with E-state index in [-0.39, 0.29) is 23.1 Å². The van der Waals surface area contributed by atoms with Gasteiger partial charge in [0.2, 0.25) is 5.91 Å². The molecule has 5 aliphatic rings. The Balaban J connectivity index is 1.49. The number of carbonyl (C=O) groups is 1. The number of nitriles is 1. The number of hydrogen-bond acceptors (Lipinski definition) is 2. The van der Waals surface area contributed by atoms with Crippen LogP contribution in [-0.4, -0.2) is 23.9 Å². The van der Waals surface area contributed by atoms with Crippen LogP contribution < -0.4 is 0 Å². The van der Waals surface area contributed by atoms with Crippen LogP contribution in [0.3, 0.4) is 0 Å². The second kappa shape index (κ2) is 5.81. The number of likely N-dealkylation sites (tertiary alicyclic amines) is 1. The van der Waals surface area contributed by atoms with Crippen molar-refractivity contribution in [1.29, 1.82) is 5.26 Å². The highest BCUT2D eigenvalue weighted by molar-refractivity contribution is 5.79. The van der Waals surface area contributed by atoms with Crippen molar-refractivity contribution in [2.45, 2.75) is 43.9 Å². The molecular formula is C22H25FN2O. The maximum absolute atomic E-state index is 13.6. The molecule has 4 bridgehead atoms. The highest BCUT2D eigenvalue weighted by atomic mass is 19.1. The van der Waals surface area contributed by atoms with Crippen LogP contribution >= 0.6 is 0 Å². The van der Waals surface area contributed by atoms with E-state index in [2.05, 4.69) is 6.07 Å². The molecule has 1 aromatic rings. The molecule has 1 saturated heterocycles. The average molecular weight is 352 g/mol. The molecule has 0 unspecified atom stereocenters. The summed E-state index contributed by atoms with van der Waals surface area (Å²) in [5, 5.41) is 9.00. The van der Waals surface area contributed by atoms with E-state index in [9.17, 15) is 9.18 Å². The first-order valence-electron chi connectivity index (χ1n) is 10.0. The van der Waals surface area contributed by atoms with Crippen LogP contribution in [0.2, 0.25) is 0 Å². The minimum absolute atomic E-state index is 0.000721. The molecule has 0 atom stereocenters. The summed E-state index contributed by atoms with van der Waals surface area (Å²) in [5.41, 5.74) is 1.04. The van der Waals surface area contributed by atoms with Gasteiger partial charge in [-0.3, -0.25) is 4.79 Å². The summed E-state index contributed by atoms with van der Waals surface area (Å²) >= 11 is 0. The van der Waals surface area contributed by atoms with Crippen molar-refractivity contribution in [3.63, 3.8) is 0 Å². The van der Waals surface area contributed by atoms with Gasteiger partial charge in [0.1, 0.15) is 5.82 Å². The van der Waals surface area contributed by atoms with Crippen LogP contribution in [0.4, 0.5) is 4.39 Å². The highest BCUT2D eigenvalue weighted by Crippen LogP contribution is 2.64. The molecule has 1 aliphatic heterocycles. The van der Waals surface area contributed by atoms with Gasteiger partial charge >= 0.3 is 0 Å². The van der Waals surface area contributed by atoms with Crippen LogP contribution in [0.5, 0.6) is 0 Å². The maximum Gasteiger partial charge on any atom is 0.223 e. The zero-order valence-corrected chi connectivity index (χ0v) is 15.0. The SMILES string of the molecule is N#CC1CN(C(=O)CC2(c3ccc(F)cc3)C3CC4CC(C3)CC2C4)C1. The summed E-state index contributed by atoms with van der Waals surface area (Å²) in [6.07, 6.45) is 6.79. The zero-order chi connectivity index (χ0) is 17.9. The molecule has 1 heterocycles. The van der Waals surface area contributed by atoms with Gasteiger partial charge in [-0.25, -0.2) is 4.39 Å². The van der Waals surface area contributed by atoms with Gasteiger partial charge in [0.15, 0.2) is 0 Å². The van der Waals surface area contributed by atoms with Crippen molar-refractivity contribution >= 4 is 5.91 Å². The van der Waals surface area contributed by atoms with Gasteiger partial charge in [-0.05, 0) is 73.5 Å². The molecule has 26 heavy (non-hydrogen) atoms. The Morgan fingerprint density at radius 2 is 1.65 bits per heavy atom. The van der Waals surface area contributed by atoms with Crippen LogP contribution in [0.25, 0.3) is 0 Å². The van der Waals surface area contributed by atoms with E-state index in [1.807, 2.05) is 17.0 Å². The molecule has 5 fully saturated rings. The van der Waals surface area contributed by atoms with Crippen LogP contribution in [0.1, 0.15) is 44.1 Å².